The van der Waals surface area contributed by atoms with Gasteiger partial charge < -0.3 is 15.1 Å². The van der Waals surface area contributed by atoms with Gasteiger partial charge in [-0.2, -0.15) is 0 Å². The van der Waals surface area contributed by atoms with Crippen molar-refractivity contribution in [3.8, 4) is 0 Å². The average molecular weight is 557 g/mol. The highest BCUT2D eigenvalue weighted by molar-refractivity contribution is 14.0. The first kappa shape index (κ1) is 25.9. The van der Waals surface area contributed by atoms with E-state index in [9.17, 15) is 0 Å². The smallest absolute Gasteiger partial charge is 0.194 e. The van der Waals surface area contributed by atoms with Crippen LogP contribution in [0.5, 0.6) is 0 Å². The second kappa shape index (κ2) is 13.9. The van der Waals surface area contributed by atoms with Crippen molar-refractivity contribution in [3.05, 3.63) is 46.4 Å². The maximum absolute atomic E-state index is 4.83. The van der Waals surface area contributed by atoms with Crippen LogP contribution in [0.4, 0.5) is 5.69 Å². The summed E-state index contributed by atoms with van der Waals surface area (Å²) < 4.78 is 0. The third-order valence-electron chi connectivity index (χ3n) is 5.40. The molecule has 6 nitrogen and oxygen atoms in total. The van der Waals surface area contributed by atoms with E-state index >= 15 is 0 Å². The quantitative estimate of drug-likeness (QED) is 0.219. The number of aryl methyl sites for hydroxylation is 1. The minimum Gasteiger partial charge on any atom is -0.369 e. The van der Waals surface area contributed by atoms with Crippen molar-refractivity contribution in [1.82, 2.24) is 20.1 Å². The van der Waals surface area contributed by atoms with Gasteiger partial charge in [-0.15, -0.1) is 35.3 Å². The molecule has 0 spiro atoms. The summed E-state index contributed by atoms with van der Waals surface area (Å²) in [5, 5.41) is 6.65. The lowest BCUT2D eigenvalue weighted by molar-refractivity contribution is 0.253. The number of unbranched alkanes of at least 4 members (excludes halogenated alkanes) is 1. The fourth-order valence-electron chi connectivity index (χ4n) is 3.77. The van der Waals surface area contributed by atoms with Gasteiger partial charge in [0.1, 0.15) is 0 Å². The molecule has 0 bridgehead atoms. The van der Waals surface area contributed by atoms with E-state index in [-0.39, 0.29) is 24.0 Å². The molecular weight excluding hydrogens is 519 g/mol. The van der Waals surface area contributed by atoms with Gasteiger partial charge in [-0.1, -0.05) is 18.2 Å². The van der Waals surface area contributed by atoms with Crippen LogP contribution in [-0.2, 0) is 6.54 Å². The Balaban J connectivity index is 0.00000341. The molecule has 8 heteroatoms. The Kier molecular flexibility index (Phi) is 11.6. The molecule has 0 unspecified atom stereocenters. The molecule has 2 aromatic rings. The summed E-state index contributed by atoms with van der Waals surface area (Å²) >= 11 is 1.70. The van der Waals surface area contributed by atoms with Gasteiger partial charge in [0.05, 0.1) is 17.2 Å². The number of nitrogens with zero attached hydrogens (tertiary/aromatic N) is 5. The standard InChI is InChI=1S/C23H36N6S.HI/c1-4-24-23(27(3)18-21-19-30-20(2)26-21)25-12-8-9-13-28-14-16-29(17-15-28)22-10-6-5-7-11-22;/h5-7,10-11,19H,4,8-9,12-18H2,1-3H3,(H,24,25);1H. The summed E-state index contributed by atoms with van der Waals surface area (Å²) in [7, 11) is 2.09. The van der Waals surface area contributed by atoms with E-state index < -0.39 is 0 Å². The number of para-hydroxylation sites is 1. The van der Waals surface area contributed by atoms with Crippen LogP contribution in [0.25, 0.3) is 0 Å². The fraction of sp³-hybridized carbons (Fsp3) is 0.565. The molecule has 172 valence electrons. The van der Waals surface area contributed by atoms with Crippen molar-refractivity contribution in [3.63, 3.8) is 0 Å². The van der Waals surface area contributed by atoms with E-state index in [0.717, 1.165) is 68.9 Å². The molecule has 1 aliphatic heterocycles. The number of aliphatic imine (C=N–C) groups is 1. The van der Waals surface area contributed by atoms with Gasteiger partial charge in [-0.05, 0) is 45.4 Å². The second-order valence-electron chi connectivity index (χ2n) is 7.82. The monoisotopic (exact) mass is 556 g/mol. The van der Waals surface area contributed by atoms with Crippen LogP contribution in [0.2, 0.25) is 0 Å². The molecule has 0 aliphatic carbocycles. The van der Waals surface area contributed by atoms with E-state index in [1.165, 1.54) is 18.7 Å². The maximum atomic E-state index is 4.83. The van der Waals surface area contributed by atoms with E-state index in [2.05, 4.69) is 81.6 Å². The van der Waals surface area contributed by atoms with Crippen molar-refractivity contribution in [2.45, 2.75) is 33.2 Å². The number of piperazine rings is 1. The Morgan fingerprint density at radius 2 is 1.90 bits per heavy atom. The maximum Gasteiger partial charge on any atom is 0.194 e. The zero-order valence-corrected chi connectivity index (χ0v) is 22.2. The van der Waals surface area contributed by atoms with Gasteiger partial charge in [0.25, 0.3) is 0 Å². The fourth-order valence-corrected chi connectivity index (χ4v) is 4.37. The number of anilines is 1. The Labute approximate surface area is 208 Å². The first-order chi connectivity index (χ1) is 14.7. The number of hydrogen-bond acceptors (Lipinski definition) is 5. The summed E-state index contributed by atoms with van der Waals surface area (Å²) in [6, 6.07) is 10.8. The summed E-state index contributed by atoms with van der Waals surface area (Å²) in [4.78, 5) is 16.6. The SMILES string of the molecule is CCNC(=NCCCCN1CCN(c2ccccc2)CC1)N(C)Cc1csc(C)n1.I. The zero-order chi connectivity index (χ0) is 21.2. The topological polar surface area (TPSA) is 47.0 Å². The number of hydrogen-bond donors (Lipinski definition) is 1. The molecule has 1 aromatic carbocycles. The molecule has 31 heavy (non-hydrogen) atoms. The number of halogens is 1. The summed E-state index contributed by atoms with van der Waals surface area (Å²) in [5.74, 6) is 0.972. The Bertz CT molecular complexity index is 773. The van der Waals surface area contributed by atoms with Crippen LogP contribution in [0.15, 0.2) is 40.7 Å². The largest absolute Gasteiger partial charge is 0.369 e. The molecular formula is C23H37IN6S. The third-order valence-corrected chi connectivity index (χ3v) is 6.22. The molecule has 1 fully saturated rings. The van der Waals surface area contributed by atoms with Gasteiger partial charge in [0, 0.05) is 57.4 Å². The normalized spacial score (nSPS) is 14.9. The van der Waals surface area contributed by atoms with Crippen molar-refractivity contribution in [1.29, 1.82) is 0 Å². The Hall–Kier alpha value is -1.39. The number of rotatable bonds is 9. The highest BCUT2D eigenvalue weighted by Crippen LogP contribution is 2.15. The molecule has 0 atom stereocenters. The van der Waals surface area contributed by atoms with E-state index in [0.29, 0.717) is 0 Å². The van der Waals surface area contributed by atoms with Crippen molar-refractivity contribution in [2.75, 3.05) is 57.8 Å². The third kappa shape index (κ3) is 8.57. The van der Waals surface area contributed by atoms with Crippen LogP contribution < -0.4 is 10.2 Å². The predicted octanol–water partition coefficient (Wildman–Crippen LogP) is 4.07. The van der Waals surface area contributed by atoms with Gasteiger partial charge in [-0.3, -0.25) is 9.89 Å². The molecule has 0 radical (unpaired) electrons. The van der Waals surface area contributed by atoms with Gasteiger partial charge in [0.2, 0.25) is 0 Å². The number of thiazole rings is 1. The summed E-state index contributed by atoms with van der Waals surface area (Å²) in [6.45, 7) is 12.4. The van der Waals surface area contributed by atoms with E-state index in [1.54, 1.807) is 11.3 Å². The molecule has 1 aromatic heterocycles. The Morgan fingerprint density at radius 3 is 2.55 bits per heavy atom. The minimum absolute atomic E-state index is 0. The molecule has 1 N–H and O–H groups in total. The average Bonchev–Trinajstić information content (AvgIpc) is 3.18. The van der Waals surface area contributed by atoms with Crippen LogP contribution in [-0.4, -0.2) is 73.6 Å². The number of nitrogens with one attached hydrogen (secondary N) is 1. The number of benzene rings is 1. The van der Waals surface area contributed by atoms with E-state index in [1.807, 2.05) is 0 Å². The minimum atomic E-state index is 0. The van der Waals surface area contributed by atoms with Gasteiger partial charge in [-0.25, -0.2) is 4.98 Å². The van der Waals surface area contributed by atoms with Crippen LogP contribution in [0.1, 0.15) is 30.5 Å². The first-order valence-corrected chi connectivity index (χ1v) is 12.0. The zero-order valence-electron chi connectivity index (χ0n) is 19.1. The molecule has 3 rings (SSSR count). The summed E-state index contributed by atoms with van der Waals surface area (Å²) in [6.07, 6.45) is 2.32. The van der Waals surface area contributed by atoms with Crippen molar-refractivity contribution in [2.24, 2.45) is 4.99 Å². The lowest BCUT2D eigenvalue weighted by atomic mass is 10.2. The van der Waals surface area contributed by atoms with Crippen LogP contribution in [0.3, 0.4) is 0 Å². The second-order valence-corrected chi connectivity index (χ2v) is 8.88. The number of aromatic nitrogens is 1. The van der Waals surface area contributed by atoms with Gasteiger partial charge >= 0.3 is 0 Å². The van der Waals surface area contributed by atoms with Crippen molar-refractivity contribution >= 4 is 47.0 Å². The van der Waals surface area contributed by atoms with Crippen molar-refractivity contribution < 1.29 is 0 Å². The Morgan fingerprint density at radius 1 is 1.16 bits per heavy atom. The number of guanidine groups is 1. The lowest BCUT2D eigenvalue weighted by Gasteiger charge is -2.36. The molecule has 0 amide bonds. The van der Waals surface area contributed by atoms with Gasteiger partial charge in [0.15, 0.2) is 5.96 Å². The first-order valence-electron chi connectivity index (χ1n) is 11.1. The van der Waals surface area contributed by atoms with Crippen LogP contribution in [0, 0.1) is 6.92 Å². The molecule has 2 heterocycles. The predicted molar refractivity (Wildman–Crippen MR) is 144 cm³/mol. The molecule has 0 saturated carbocycles. The molecule has 1 aliphatic rings. The highest BCUT2D eigenvalue weighted by Gasteiger charge is 2.16. The highest BCUT2D eigenvalue weighted by atomic mass is 127. The summed E-state index contributed by atoms with van der Waals surface area (Å²) in [5.41, 5.74) is 2.46. The van der Waals surface area contributed by atoms with E-state index in [4.69, 9.17) is 4.99 Å². The van der Waals surface area contributed by atoms with Crippen LogP contribution >= 0.6 is 35.3 Å². The lowest BCUT2D eigenvalue weighted by Crippen LogP contribution is -2.46. The molecule has 1 saturated heterocycles.